The van der Waals surface area contributed by atoms with E-state index in [0.29, 0.717) is 0 Å². The summed E-state index contributed by atoms with van der Waals surface area (Å²) in [4.78, 5) is 4.94. The summed E-state index contributed by atoms with van der Waals surface area (Å²) in [6.07, 6.45) is 1.84. The van der Waals surface area contributed by atoms with Crippen molar-refractivity contribution in [1.29, 1.82) is 0 Å². The first-order valence-corrected chi connectivity index (χ1v) is 10.2. The number of rotatable bonds is 5. The number of hydrogen-bond acceptors (Lipinski definition) is 4. The number of benzene rings is 2. The van der Waals surface area contributed by atoms with Gasteiger partial charge in [-0.05, 0) is 43.3 Å². The molecule has 1 fully saturated rings. The second-order valence-electron chi connectivity index (χ2n) is 7.59. The molecule has 2 aromatic carbocycles. The highest BCUT2D eigenvalue weighted by Crippen LogP contribution is 2.16. The third-order valence-electron chi connectivity index (χ3n) is 5.39. The Bertz CT molecular complexity index is 984. The average Bonchev–Trinajstić information content (AvgIpc) is 3.04. The van der Waals surface area contributed by atoms with Crippen LogP contribution in [-0.4, -0.2) is 50.3 Å². The molecule has 2 heterocycles. The van der Waals surface area contributed by atoms with Gasteiger partial charge in [0.1, 0.15) is 6.33 Å². The molecule has 3 aromatic rings. The van der Waals surface area contributed by atoms with Crippen molar-refractivity contribution in [3.63, 3.8) is 0 Å². The van der Waals surface area contributed by atoms with Crippen molar-refractivity contribution < 1.29 is 0 Å². The maximum Gasteiger partial charge on any atom is 0.203 e. The van der Waals surface area contributed by atoms with E-state index >= 15 is 0 Å². The summed E-state index contributed by atoms with van der Waals surface area (Å²) in [5.41, 5.74) is 4.96. The number of hydrogen-bond donors (Lipinski definition) is 0. The van der Waals surface area contributed by atoms with Crippen LogP contribution in [0.4, 0.5) is 0 Å². The average molecular weight is 394 g/mol. The highest BCUT2D eigenvalue weighted by Gasteiger charge is 2.18. The summed E-state index contributed by atoms with van der Waals surface area (Å²) in [5, 5.41) is 4.56. The molecule has 28 heavy (non-hydrogen) atoms. The molecular formula is C22H27N5S. The predicted molar refractivity (Wildman–Crippen MR) is 115 cm³/mol. The van der Waals surface area contributed by atoms with Gasteiger partial charge in [-0.3, -0.25) is 14.4 Å². The lowest BCUT2D eigenvalue weighted by molar-refractivity contribution is 0.0981. The number of aryl methyl sites for hydroxylation is 2. The zero-order valence-electron chi connectivity index (χ0n) is 16.6. The summed E-state index contributed by atoms with van der Waals surface area (Å²) in [6.45, 7) is 10.2. The van der Waals surface area contributed by atoms with Crippen molar-refractivity contribution in [1.82, 2.24) is 24.1 Å². The van der Waals surface area contributed by atoms with Crippen LogP contribution in [0.15, 0.2) is 54.9 Å². The summed E-state index contributed by atoms with van der Waals surface area (Å²) >= 11 is 5.70. The first kappa shape index (κ1) is 19.1. The minimum atomic E-state index is 0.746. The maximum atomic E-state index is 5.70. The van der Waals surface area contributed by atoms with E-state index in [1.54, 1.807) is 0 Å². The number of aromatic nitrogens is 3. The minimum Gasteiger partial charge on any atom is -0.297 e. The van der Waals surface area contributed by atoms with E-state index in [9.17, 15) is 0 Å². The van der Waals surface area contributed by atoms with Crippen molar-refractivity contribution in [3.05, 3.63) is 76.3 Å². The molecule has 0 unspecified atom stereocenters. The van der Waals surface area contributed by atoms with Gasteiger partial charge in [0.05, 0.1) is 12.4 Å². The standard InChI is InChI=1S/C22H27N5S/c1-18-8-9-21(19(2)14-18)26-16-23-27(22(26)28)17-25-12-10-24(11-13-25)15-20-6-4-3-5-7-20/h3-9,14,16H,10-13,15,17H2,1-2H3. The van der Waals surface area contributed by atoms with Crippen molar-refractivity contribution in [2.24, 2.45) is 0 Å². The molecule has 0 aliphatic carbocycles. The summed E-state index contributed by atoms with van der Waals surface area (Å²) in [5.74, 6) is 0. The molecule has 6 heteroatoms. The highest BCUT2D eigenvalue weighted by atomic mass is 32.1. The Balaban J connectivity index is 1.38. The van der Waals surface area contributed by atoms with Gasteiger partial charge < -0.3 is 0 Å². The molecule has 5 nitrogen and oxygen atoms in total. The van der Waals surface area contributed by atoms with E-state index in [0.717, 1.165) is 49.9 Å². The second kappa shape index (κ2) is 8.39. The lowest BCUT2D eigenvalue weighted by Gasteiger charge is -2.34. The quantitative estimate of drug-likeness (QED) is 0.617. The normalized spacial score (nSPS) is 15.8. The smallest absolute Gasteiger partial charge is 0.203 e. The Hall–Kier alpha value is -2.28. The van der Waals surface area contributed by atoms with Crippen molar-refractivity contribution in [2.75, 3.05) is 26.2 Å². The molecule has 1 aromatic heterocycles. The van der Waals surface area contributed by atoms with Gasteiger partial charge in [-0.25, -0.2) is 4.68 Å². The van der Waals surface area contributed by atoms with Crippen molar-refractivity contribution >= 4 is 12.2 Å². The van der Waals surface area contributed by atoms with E-state index in [1.807, 2.05) is 15.6 Å². The molecule has 1 saturated heterocycles. The number of nitrogens with zero attached hydrogens (tertiary/aromatic N) is 5. The number of piperazine rings is 1. The van der Waals surface area contributed by atoms with Crippen LogP contribution >= 0.6 is 12.2 Å². The maximum absolute atomic E-state index is 5.70. The fourth-order valence-electron chi connectivity index (χ4n) is 3.79. The van der Waals surface area contributed by atoms with Crippen LogP contribution in [0.2, 0.25) is 0 Å². The van der Waals surface area contributed by atoms with Gasteiger partial charge in [0.15, 0.2) is 0 Å². The molecular weight excluding hydrogens is 366 g/mol. The first-order valence-electron chi connectivity index (χ1n) is 9.81. The Kier molecular flexibility index (Phi) is 5.71. The molecule has 146 valence electrons. The second-order valence-corrected chi connectivity index (χ2v) is 7.96. The van der Waals surface area contributed by atoms with Crippen LogP contribution in [0.1, 0.15) is 16.7 Å². The lowest BCUT2D eigenvalue weighted by atomic mass is 10.1. The van der Waals surface area contributed by atoms with Gasteiger partial charge in [0, 0.05) is 32.7 Å². The third-order valence-corrected chi connectivity index (χ3v) is 5.80. The molecule has 0 bridgehead atoms. The van der Waals surface area contributed by atoms with E-state index in [2.05, 4.69) is 77.3 Å². The summed E-state index contributed by atoms with van der Waals surface area (Å²) < 4.78 is 4.69. The molecule has 1 aliphatic rings. The molecule has 0 saturated carbocycles. The SMILES string of the molecule is Cc1ccc(-n2cnn(CN3CCN(Cc4ccccc4)CC3)c2=S)c(C)c1. The monoisotopic (exact) mass is 393 g/mol. The van der Waals surface area contributed by atoms with Crippen LogP contribution in [0.25, 0.3) is 5.69 Å². The van der Waals surface area contributed by atoms with Crippen LogP contribution in [0, 0.1) is 18.6 Å². The molecule has 0 amide bonds. The molecule has 0 spiro atoms. The van der Waals surface area contributed by atoms with Gasteiger partial charge in [0.2, 0.25) is 4.77 Å². The topological polar surface area (TPSA) is 29.2 Å². The molecule has 0 radical (unpaired) electrons. The molecule has 0 N–H and O–H groups in total. The Morgan fingerprint density at radius 1 is 0.929 bits per heavy atom. The predicted octanol–water partition coefficient (Wildman–Crippen LogP) is 3.80. The summed E-state index contributed by atoms with van der Waals surface area (Å²) in [7, 11) is 0. The van der Waals surface area contributed by atoms with Gasteiger partial charge in [-0.15, -0.1) is 0 Å². The van der Waals surface area contributed by atoms with Gasteiger partial charge in [-0.2, -0.15) is 5.10 Å². The fraction of sp³-hybridized carbons (Fsp3) is 0.364. The van der Waals surface area contributed by atoms with Crippen LogP contribution < -0.4 is 0 Å². The summed E-state index contributed by atoms with van der Waals surface area (Å²) in [6, 6.07) is 17.1. The van der Waals surface area contributed by atoms with Crippen molar-refractivity contribution in [3.8, 4) is 5.69 Å². The Morgan fingerprint density at radius 3 is 2.36 bits per heavy atom. The highest BCUT2D eigenvalue weighted by molar-refractivity contribution is 7.71. The van der Waals surface area contributed by atoms with Gasteiger partial charge in [0.25, 0.3) is 0 Å². The molecule has 4 rings (SSSR count). The molecule has 1 aliphatic heterocycles. The Labute approximate surface area is 171 Å². The van der Waals surface area contributed by atoms with Crippen molar-refractivity contribution in [2.45, 2.75) is 27.1 Å². The van der Waals surface area contributed by atoms with E-state index in [1.165, 1.54) is 16.7 Å². The zero-order valence-corrected chi connectivity index (χ0v) is 17.4. The minimum absolute atomic E-state index is 0.746. The van der Waals surface area contributed by atoms with E-state index < -0.39 is 0 Å². The van der Waals surface area contributed by atoms with Crippen LogP contribution in [-0.2, 0) is 13.2 Å². The lowest BCUT2D eigenvalue weighted by Crippen LogP contribution is -2.46. The van der Waals surface area contributed by atoms with Gasteiger partial charge >= 0.3 is 0 Å². The van der Waals surface area contributed by atoms with Crippen LogP contribution in [0.5, 0.6) is 0 Å². The Morgan fingerprint density at radius 2 is 1.64 bits per heavy atom. The first-order chi connectivity index (χ1) is 13.6. The zero-order chi connectivity index (χ0) is 19.5. The largest absolute Gasteiger partial charge is 0.297 e. The third kappa shape index (κ3) is 4.24. The van der Waals surface area contributed by atoms with E-state index in [4.69, 9.17) is 12.2 Å². The van der Waals surface area contributed by atoms with E-state index in [-0.39, 0.29) is 0 Å². The fourth-order valence-corrected chi connectivity index (χ4v) is 4.05. The molecule has 0 atom stereocenters. The van der Waals surface area contributed by atoms with Crippen LogP contribution in [0.3, 0.4) is 0 Å². The van der Waals surface area contributed by atoms with Gasteiger partial charge in [-0.1, -0.05) is 48.0 Å².